The van der Waals surface area contributed by atoms with Gasteiger partial charge in [-0.15, -0.1) is 0 Å². The Balaban J connectivity index is 2.34. The summed E-state index contributed by atoms with van der Waals surface area (Å²) in [7, 11) is 0. The Morgan fingerprint density at radius 1 is 1.29 bits per heavy atom. The van der Waals surface area contributed by atoms with Crippen molar-refractivity contribution in [2.45, 2.75) is 39.2 Å². The average Bonchev–Trinajstić information content (AvgIpc) is 2.37. The molecular weight excluding hydrogens is 210 g/mol. The molecule has 0 spiro atoms. The number of nitrogens with zero attached hydrogens (tertiary/aromatic N) is 3. The minimum absolute atomic E-state index is 0.122. The zero-order chi connectivity index (χ0) is 12.7. The Kier molecular flexibility index (Phi) is 6.25. The smallest absolute Gasteiger partial charge is 0.0978 e. The highest BCUT2D eigenvalue weighted by Gasteiger charge is 2.22. The van der Waals surface area contributed by atoms with Crippen molar-refractivity contribution in [1.82, 2.24) is 9.80 Å². The van der Waals surface area contributed by atoms with E-state index in [0.29, 0.717) is 0 Å². The highest BCUT2D eigenvalue weighted by atomic mass is 15.3. The summed E-state index contributed by atoms with van der Waals surface area (Å²) in [5, 5.41) is 9.14. The van der Waals surface area contributed by atoms with Gasteiger partial charge in [0.25, 0.3) is 0 Å². The van der Waals surface area contributed by atoms with Crippen LogP contribution in [0.2, 0.25) is 0 Å². The van der Waals surface area contributed by atoms with Crippen molar-refractivity contribution in [3.05, 3.63) is 12.2 Å². The van der Waals surface area contributed by atoms with Gasteiger partial charge in [-0.25, -0.2) is 0 Å². The summed E-state index contributed by atoms with van der Waals surface area (Å²) in [4.78, 5) is 4.78. The molecule has 17 heavy (non-hydrogen) atoms. The lowest BCUT2D eigenvalue weighted by Gasteiger charge is -2.37. The van der Waals surface area contributed by atoms with Crippen LogP contribution in [-0.4, -0.2) is 48.6 Å². The van der Waals surface area contributed by atoms with Crippen LogP contribution in [0.25, 0.3) is 0 Å². The molecule has 0 aromatic carbocycles. The van der Waals surface area contributed by atoms with Gasteiger partial charge in [-0.1, -0.05) is 32.4 Å². The first kappa shape index (κ1) is 14.2. The largest absolute Gasteiger partial charge is 0.297 e. The lowest BCUT2D eigenvalue weighted by atomic mass is 10.1. The molecule has 3 nitrogen and oxygen atoms in total. The van der Waals surface area contributed by atoms with Gasteiger partial charge in [-0.2, -0.15) is 5.26 Å². The summed E-state index contributed by atoms with van der Waals surface area (Å²) in [6.07, 6.45) is 3.15. The summed E-state index contributed by atoms with van der Waals surface area (Å²) in [5.74, 6) is 0. The molecule has 1 aliphatic rings. The van der Waals surface area contributed by atoms with E-state index in [1.807, 2.05) is 0 Å². The maximum atomic E-state index is 9.14. The van der Waals surface area contributed by atoms with E-state index >= 15 is 0 Å². The van der Waals surface area contributed by atoms with Crippen LogP contribution in [0.5, 0.6) is 0 Å². The molecule has 1 heterocycles. The third-order valence-corrected chi connectivity index (χ3v) is 3.51. The molecule has 0 aromatic heterocycles. The number of hydrogen-bond donors (Lipinski definition) is 0. The molecule has 0 aliphatic carbocycles. The van der Waals surface area contributed by atoms with Crippen molar-refractivity contribution in [2.75, 3.05) is 32.7 Å². The van der Waals surface area contributed by atoms with Gasteiger partial charge in [0.15, 0.2) is 0 Å². The predicted octanol–water partition coefficient (Wildman–Crippen LogP) is 2.26. The molecule has 3 heteroatoms. The SMILES string of the molecule is C=C(CC)CN1CCN(C(C#N)CCC)CC1. The topological polar surface area (TPSA) is 30.3 Å². The van der Waals surface area contributed by atoms with Gasteiger partial charge in [0.2, 0.25) is 0 Å². The minimum Gasteiger partial charge on any atom is -0.297 e. The number of nitriles is 1. The molecule has 96 valence electrons. The third-order valence-electron chi connectivity index (χ3n) is 3.51. The summed E-state index contributed by atoms with van der Waals surface area (Å²) in [5.41, 5.74) is 1.31. The van der Waals surface area contributed by atoms with E-state index in [0.717, 1.165) is 52.0 Å². The van der Waals surface area contributed by atoms with Crippen molar-refractivity contribution in [3.8, 4) is 6.07 Å². The molecule has 0 saturated carbocycles. The van der Waals surface area contributed by atoms with E-state index in [-0.39, 0.29) is 6.04 Å². The van der Waals surface area contributed by atoms with E-state index in [4.69, 9.17) is 5.26 Å². The van der Waals surface area contributed by atoms with Gasteiger partial charge in [0.05, 0.1) is 12.1 Å². The van der Waals surface area contributed by atoms with Crippen molar-refractivity contribution in [3.63, 3.8) is 0 Å². The Morgan fingerprint density at radius 2 is 1.94 bits per heavy atom. The van der Waals surface area contributed by atoms with Gasteiger partial charge >= 0.3 is 0 Å². The second-order valence-corrected chi connectivity index (χ2v) is 4.85. The predicted molar refractivity (Wildman–Crippen MR) is 71.8 cm³/mol. The molecule has 1 aliphatic heterocycles. The summed E-state index contributed by atoms with van der Waals surface area (Å²) >= 11 is 0. The lowest BCUT2D eigenvalue weighted by molar-refractivity contribution is 0.117. The van der Waals surface area contributed by atoms with Crippen LogP contribution in [0.3, 0.4) is 0 Å². The molecule has 1 atom stereocenters. The first-order valence-electron chi connectivity index (χ1n) is 6.73. The fourth-order valence-corrected chi connectivity index (χ4v) is 2.26. The molecule has 1 saturated heterocycles. The summed E-state index contributed by atoms with van der Waals surface area (Å²) in [6.45, 7) is 13.6. The number of piperazine rings is 1. The highest BCUT2D eigenvalue weighted by molar-refractivity contribution is 4.98. The van der Waals surface area contributed by atoms with Crippen LogP contribution in [0.15, 0.2) is 12.2 Å². The van der Waals surface area contributed by atoms with E-state index in [1.165, 1.54) is 5.57 Å². The zero-order valence-corrected chi connectivity index (χ0v) is 11.3. The molecule has 1 unspecified atom stereocenters. The Bertz CT molecular complexity index is 272. The molecule has 0 aromatic rings. The number of hydrogen-bond acceptors (Lipinski definition) is 3. The van der Waals surface area contributed by atoms with E-state index in [9.17, 15) is 0 Å². The minimum atomic E-state index is 0.122. The van der Waals surface area contributed by atoms with Gasteiger partial charge in [-0.05, 0) is 12.8 Å². The van der Waals surface area contributed by atoms with Gasteiger partial charge < -0.3 is 0 Å². The third kappa shape index (κ3) is 4.49. The van der Waals surface area contributed by atoms with Crippen LogP contribution in [0, 0.1) is 11.3 Å². The van der Waals surface area contributed by atoms with E-state index in [2.05, 4.69) is 36.3 Å². The van der Waals surface area contributed by atoms with Crippen LogP contribution >= 0.6 is 0 Å². The van der Waals surface area contributed by atoms with Gasteiger partial charge in [0.1, 0.15) is 0 Å². The summed E-state index contributed by atoms with van der Waals surface area (Å²) in [6, 6.07) is 2.55. The summed E-state index contributed by atoms with van der Waals surface area (Å²) < 4.78 is 0. The molecule has 1 fully saturated rings. The van der Waals surface area contributed by atoms with Crippen LogP contribution in [0.1, 0.15) is 33.1 Å². The molecule has 0 N–H and O–H groups in total. The quantitative estimate of drug-likeness (QED) is 0.662. The maximum Gasteiger partial charge on any atom is 0.0978 e. The Labute approximate surface area is 106 Å². The van der Waals surface area contributed by atoms with Crippen LogP contribution < -0.4 is 0 Å². The number of rotatable bonds is 6. The van der Waals surface area contributed by atoms with Crippen LogP contribution in [0.4, 0.5) is 0 Å². The second-order valence-electron chi connectivity index (χ2n) is 4.85. The van der Waals surface area contributed by atoms with Gasteiger partial charge in [-0.3, -0.25) is 9.80 Å². The van der Waals surface area contributed by atoms with Crippen molar-refractivity contribution >= 4 is 0 Å². The van der Waals surface area contributed by atoms with E-state index < -0.39 is 0 Å². The first-order chi connectivity index (χ1) is 8.21. The average molecular weight is 235 g/mol. The Hall–Kier alpha value is -0.850. The van der Waals surface area contributed by atoms with E-state index in [1.54, 1.807) is 0 Å². The standard InChI is InChI=1S/C14H25N3/c1-4-6-14(11-15)17-9-7-16(8-10-17)12-13(3)5-2/h14H,3-10,12H2,1-2H3. The zero-order valence-electron chi connectivity index (χ0n) is 11.3. The Morgan fingerprint density at radius 3 is 2.41 bits per heavy atom. The fraction of sp³-hybridized carbons (Fsp3) is 0.786. The highest BCUT2D eigenvalue weighted by Crippen LogP contribution is 2.11. The normalized spacial score (nSPS) is 19.8. The monoisotopic (exact) mass is 235 g/mol. The van der Waals surface area contributed by atoms with Crippen molar-refractivity contribution in [1.29, 1.82) is 5.26 Å². The van der Waals surface area contributed by atoms with Crippen molar-refractivity contribution < 1.29 is 0 Å². The van der Waals surface area contributed by atoms with Crippen LogP contribution in [-0.2, 0) is 0 Å². The molecule has 1 rings (SSSR count). The van der Waals surface area contributed by atoms with Gasteiger partial charge in [0, 0.05) is 32.7 Å². The fourth-order valence-electron chi connectivity index (χ4n) is 2.26. The maximum absolute atomic E-state index is 9.14. The lowest BCUT2D eigenvalue weighted by Crippen LogP contribution is -2.50. The second kappa shape index (κ2) is 7.47. The molecule has 0 amide bonds. The molecule has 0 bridgehead atoms. The van der Waals surface area contributed by atoms with Crippen molar-refractivity contribution in [2.24, 2.45) is 0 Å². The first-order valence-corrected chi connectivity index (χ1v) is 6.73. The molecular formula is C14H25N3. The molecule has 0 radical (unpaired) electrons.